The second-order valence-corrected chi connectivity index (χ2v) is 5.57. The smallest absolute Gasteiger partial charge is 0.407 e. The lowest BCUT2D eigenvalue weighted by atomic mass is 10.1. The molecule has 0 radical (unpaired) electrons. The van der Waals surface area contributed by atoms with E-state index < -0.39 is 0 Å². The Morgan fingerprint density at radius 1 is 1.29 bits per heavy atom. The minimum Gasteiger partial charge on any atom is -0.449 e. The summed E-state index contributed by atoms with van der Waals surface area (Å²) in [5.41, 5.74) is 5.30. The van der Waals surface area contributed by atoms with Gasteiger partial charge in [0.1, 0.15) is 0 Å². The number of hydrogen-bond acceptors (Lipinski definition) is 4. The summed E-state index contributed by atoms with van der Waals surface area (Å²) in [6.07, 6.45) is 6.24. The maximum absolute atomic E-state index is 11.6. The molecule has 1 saturated carbocycles. The van der Waals surface area contributed by atoms with Crippen LogP contribution in [0, 0.1) is 17.8 Å². The molecular weight excluding hydrogens is 268 g/mol. The van der Waals surface area contributed by atoms with E-state index in [0.717, 1.165) is 18.8 Å². The van der Waals surface area contributed by atoms with Gasteiger partial charge in [0, 0.05) is 13.1 Å². The van der Waals surface area contributed by atoms with Crippen molar-refractivity contribution in [1.82, 2.24) is 5.32 Å². The third kappa shape index (κ3) is 6.96. The molecule has 1 aliphatic carbocycles. The van der Waals surface area contributed by atoms with Crippen LogP contribution in [0.3, 0.4) is 0 Å². The molecule has 0 unspecified atom stereocenters. The highest BCUT2D eigenvalue weighted by Gasteiger charge is 2.48. The van der Waals surface area contributed by atoms with Crippen molar-refractivity contribution < 1.29 is 14.3 Å². The lowest BCUT2D eigenvalue weighted by Crippen LogP contribution is -2.29. The largest absolute Gasteiger partial charge is 0.449 e. The molecular formula is C16H30N2O3. The molecule has 0 saturated heterocycles. The molecule has 5 nitrogen and oxygen atoms in total. The van der Waals surface area contributed by atoms with Gasteiger partial charge in [-0.25, -0.2) is 4.79 Å². The average molecular weight is 298 g/mol. The fourth-order valence-corrected chi connectivity index (χ4v) is 2.91. The summed E-state index contributed by atoms with van der Waals surface area (Å²) < 4.78 is 10.5. The molecule has 0 aromatic heterocycles. The Balaban J connectivity index is 2.12. The molecule has 1 aliphatic rings. The SMILES string of the molecule is C=CCC[C@H]1[C@@H](CCC)[C@H]1COC(=O)NCCOCCN. The number of alkyl carbamates (subject to hydrolysis) is 1. The highest BCUT2D eigenvalue weighted by atomic mass is 16.5. The number of nitrogens with one attached hydrogen (secondary N) is 1. The Hall–Kier alpha value is -1.07. The van der Waals surface area contributed by atoms with Crippen molar-refractivity contribution in [3.05, 3.63) is 12.7 Å². The van der Waals surface area contributed by atoms with Crippen LogP contribution in [-0.4, -0.2) is 39.0 Å². The van der Waals surface area contributed by atoms with Crippen LogP contribution in [0.25, 0.3) is 0 Å². The summed E-state index contributed by atoms with van der Waals surface area (Å²) in [6.45, 7) is 8.45. The van der Waals surface area contributed by atoms with E-state index in [2.05, 4.69) is 18.8 Å². The molecule has 0 aliphatic heterocycles. The van der Waals surface area contributed by atoms with E-state index in [4.69, 9.17) is 15.2 Å². The highest BCUT2D eigenvalue weighted by molar-refractivity contribution is 5.67. The Kier molecular flexibility index (Phi) is 9.10. The summed E-state index contributed by atoms with van der Waals surface area (Å²) in [5, 5.41) is 2.69. The van der Waals surface area contributed by atoms with Crippen molar-refractivity contribution in [2.24, 2.45) is 23.5 Å². The summed E-state index contributed by atoms with van der Waals surface area (Å²) in [7, 11) is 0. The number of allylic oxidation sites excluding steroid dienone is 1. The van der Waals surface area contributed by atoms with Gasteiger partial charge in [-0.15, -0.1) is 6.58 Å². The number of carbonyl (C=O) groups is 1. The maximum Gasteiger partial charge on any atom is 0.407 e. The molecule has 0 spiro atoms. The van der Waals surface area contributed by atoms with Gasteiger partial charge in [-0.3, -0.25) is 0 Å². The minimum atomic E-state index is -0.351. The first kappa shape index (κ1) is 18.0. The first-order chi connectivity index (χ1) is 10.2. The summed E-state index contributed by atoms with van der Waals surface area (Å²) >= 11 is 0. The maximum atomic E-state index is 11.6. The normalized spacial score (nSPS) is 23.6. The molecule has 21 heavy (non-hydrogen) atoms. The number of nitrogens with two attached hydrogens (primary N) is 1. The minimum absolute atomic E-state index is 0.351. The molecule has 0 aromatic rings. The average Bonchev–Trinajstić information content (AvgIpc) is 3.14. The molecule has 0 heterocycles. The molecule has 1 amide bonds. The van der Waals surface area contributed by atoms with Crippen LogP contribution in [0.5, 0.6) is 0 Å². The molecule has 1 fully saturated rings. The van der Waals surface area contributed by atoms with Crippen LogP contribution in [0.15, 0.2) is 12.7 Å². The van der Waals surface area contributed by atoms with E-state index in [9.17, 15) is 4.79 Å². The summed E-state index contributed by atoms with van der Waals surface area (Å²) in [5.74, 6) is 1.95. The first-order valence-electron chi connectivity index (χ1n) is 8.03. The van der Waals surface area contributed by atoms with Crippen LogP contribution in [0.1, 0.15) is 32.6 Å². The van der Waals surface area contributed by atoms with Crippen LogP contribution in [0.4, 0.5) is 4.79 Å². The Morgan fingerprint density at radius 2 is 2.05 bits per heavy atom. The Morgan fingerprint density at radius 3 is 2.71 bits per heavy atom. The van der Waals surface area contributed by atoms with Crippen molar-refractivity contribution in [2.75, 3.05) is 32.9 Å². The van der Waals surface area contributed by atoms with Crippen LogP contribution < -0.4 is 11.1 Å². The van der Waals surface area contributed by atoms with E-state index in [1.165, 1.54) is 12.8 Å². The fourth-order valence-electron chi connectivity index (χ4n) is 2.91. The molecule has 122 valence electrons. The van der Waals surface area contributed by atoms with Gasteiger partial charge < -0.3 is 20.5 Å². The second-order valence-electron chi connectivity index (χ2n) is 5.57. The highest BCUT2D eigenvalue weighted by Crippen LogP contribution is 2.52. The molecule has 3 N–H and O–H groups in total. The van der Waals surface area contributed by atoms with E-state index in [1.807, 2.05) is 6.08 Å². The molecule has 0 bridgehead atoms. The van der Waals surface area contributed by atoms with Crippen molar-refractivity contribution in [2.45, 2.75) is 32.6 Å². The van der Waals surface area contributed by atoms with E-state index >= 15 is 0 Å². The lowest BCUT2D eigenvalue weighted by molar-refractivity contribution is 0.121. The van der Waals surface area contributed by atoms with Crippen LogP contribution in [0.2, 0.25) is 0 Å². The van der Waals surface area contributed by atoms with E-state index in [-0.39, 0.29) is 6.09 Å². The summed E-state index contributed by atoms with van der Waals surface area (Å²) in [6, 6.07) is 0. The Labute approximate surface area is 128 Å². The van der Waals surface area contributed by atoms with Gasteiger partial charge >= 0.3 is 6.09 Å². The molecule has 0 aromatic carbocycles. The predicted molar refractivity (Wildman–Crippen MR) is 84.0 cm³/mol. The number of ether oxygens (including phenoxy) is 2. The fraction of sp³-hybridized carbons (Fsp3) is 0.812. The van der Waals surface area contributed by atoms with Crippen LogP contribution in [-0.2, 0) is 9.47 Å². The van der Waals surface area contributed by atoms with Gasteiger partial charge in [-0.05, 0) is 30.6 Å². The predicted octanol–water partition coefficient (Wildman–Crippen LogP) is 2.32. The topological polar surface area (TPSA) is 73.6 Å². The third-order valence-corrected chi connectivity index (χ3v) is 4.02. The molecule has 3 atom stereocenters. The van der Waals surface area contributed by atoms with Crippen molar-refractivity contribution in [3.8, 4) is 0 Å². The number of amides is 1. The quantitative estimate of drug-likeness (QED) is 0.428. The lowest BCUT2D eigenvalue weighted by Gasteiger charge is -2.07. The third-order valence-electron chi connectivity index (χ3n) is 4.02. The number of carbonyl (C=O) groups excluding carboxylic acids is 1. The van der Waals surface area contributed by atoms with Gasteiger partial charge in [-0.1, -0.05) is 25.8 Å². The van der Waals surface area contributed by atoms with Crippen molar-refractivity contribution in [1.29, 1.82) is 0 Å². The van der Waals surface area contributed by atoms with Gasteiger partial charge in [0.05, 0.1) is 19.8 Å². The zero-order valence-corrected chi connectivity index (χ0v) is 13.2. The van der Waals surface area contributed by atoms with Crippen molar-refractivity contribution >= 4 is 6.09 Å². The number of hydrogen-bond donors (Lipinski definition) is 2. The van der Waals surface area contributed by atoms with E-state index in [1.54, 1.807) is 0 Å². The van der Waals surface area contributed by atoms with E-state index in [0.29, 0.717) is 44.7 Å². The van der Waals surface area contributed by atoms with Crippen LogP contribution >= 0.6 is 0 Å². The van der Waals surface area contributed by atoms with Gasteiger partial charge in [0.15, 0.2) is 0 Å². The van der Waals surface area contributed by atoms with Gasteiger partial charge in [0.25, 0.3) is 0 Å². The van der Waals surface area contributed by atoms with Crippen molar-refractivity contribution in [3.63, 3.8) is 0 Å². The standard InChI is InChI=1S/C16H30N2O3/c1-3-5-7-14-13(6-4-2)15(14)12-21-16(19)18-9-11-20-10-8-17/h3,13-15H,1,4-12,17H2,2H3,(H,18,19)/t13-,14+,15-/m1/s1. The zero-order chi connectivity index (χ0) is 15.5. The first-order valence-corrected chi connectivity index (χ1v) is 8.03. The van der Waals surface area contributed by atoms with Gasteiger partial charge in [0.2, 0.25) is 0 Å². The zero-order valence-electron chi connectivity index (χ0n) is 13.2. The molecule has 1 rings (SSSR count). The summed E-state index contributed by atoms with van der Waals surface area (Å²) in [4.78, 5) is 11.6. The monoisotopic (exact) mass is 298 g/mol. The Bertz CT molecular complexity index is 310. The number of rotatable bonds is 12. The van der Waals surface area contributed by atoms with Gasteiger partial charge in [-0.2, -0.15) is 0 Å². The molecule has 5 heteroatoms. The second kappa shape index (κ2) is 10.6.